The van der Waals surface area contributed by atoms with E-state index in [1.54, 1.807) is 0 Å². The number of rotatable bonds is 6. The van der Waals surface area contributed by atoms with E-state index in [1.807, 2.05) is 0 Å². The number of hydrogen-bond acceptors (Lipinski definition) is 2. The van der Waals surface area contributed by atoms with Gasteiger partial charge in [0, 0.05) is 12.1 Å². The Morgan fingerprint density at radius 2 is 0.585 bits per heavy atom. The van der Waals surface area contributed by atoms with Gasteiger partial charge in [0.25, 0.3) is 0 Å². The fourth-order valence-electron chi connectivity index (χ4n) is 6.63. The van der Waals surface area contributed by atoms with Crippen molar-refractivity contribution < 1.29 is 46.6 Å². The van der Waals surface area contributed by atoms with Gasteiger partial charge in [-0.15, -0.1) is 0 Å². The van der Waals surface area contributed by atoms with E-state index < -0.39 is 299 Å². The van der Waals surface area contributed by atoms with Gasteiger partial charge in [-0.05, 0) is 88.4 Å². The highest BCUT2D eigenvalue weighted by molar-refractivity contribution is 8.26. The van der Waals surface area contributed by atoms with Crippen molar-refractivity contribution in [1.82, 2.24) is 0 Å². The van der Waals surface area contributed by atoms with Gasteiger partial charge in [0.1, 0.15) is 0 Å². The first-order chi connectivity index (χ1) is 40.2. The van der Waals surface area contributed by atoms with Crippen LogP contribution in [0, 0.1) is 0 Å². The Morgan fingerprint density at radius 1 is 0.302 bits per heavy atom. The largest absolute Gasteiger partial charge is 0.0826 e. The number of fused-ring (bicyclic) bond motifs is 10. The zero-order valence-corrected chi connectivity index (χ0v) is 29.6. The average Bonchev–Trinajstić information content (AvgIpc) is 1.49. The van der Waals surface area contributed by atoms with E-state index in [2.05, 4.69) is 0 Å². The van der Waals surface area contributed by atoms with Crippen LogP contribution in [0.25, 0.3) is 22.3 Å². The van der Waals surface area contributed by atoms with E-state index in [0.29, 0.717) is 0 Å². The summed E-state index contributed by atoms with van der Waals surface area (Å²) in [5.41, 5.74) is -10.8. The van der Waals surface area contributed by atoms with Gasteiger partial charge in [-0.3, -0.25) is 0 Å². The van der Waals surface area contributed by atoms with Crippen LogP contribution in [0.4, 0.5) is 0 Å². The van der Waals surface area contributed by atoms with Gasteiger partial charge >= 0.3 is 0 Å². The highest BCUT2D eigenvalue weighted by Crippen LogP contribution is 2.63. The molecule has 0 saturated carbocycles. The Kier molecular flexibility index (Phi) is 3.05. The van der Waals surface area contributed by atoms with E-state index >= 15 is 0 Å². The molecule has 0 nitrogen and oxygen atoms in total. The Balaban J connectivity index is 1.59. The summed E-state index contributed by atoms with van der Waals surface area (Å²) in [5.74, 6) is 0. The molecule has 0 aromatic heterocycles. The third kappa shape index (κ3) is 4.67. The maximum absolute atomic E-state index is 10.7. The van der Waals surface area contributed by atoms with Crippen LogP contribution >= 0.6 is 12.1 Å². The van der Waals surface area contributed by atoms with Crippen LogP contribution in [-0.4, -0.2) is 0 Å². The van der Waals surface area contributed by atoms with E-state index in [0.717, 1.165) is 0 Å². The molecule has 0 radical (unpaired) electrons. The molecule has 0 atom stereocenters. The van der Waals surface area contributed by atoms with Crippen molar-refractivity contribution in [2.45, 2.75) is 5.41 Å². The first-order valence-corrected chi connectivity index (χ1v) is 20.8. The molecule has 0 N–H and O–H groups in total. The topological polar surface area (TPSA) is 0 Å². The van der Waals surface area contributed by atoms with Gasteiger partial charge < -0.3 is 0 Å². The molecule has 10 rings (SSSR count). The maximum atomic E-state index is 10.7. The Morgan fingerprint density at radius 3 is 0.925 bits per heavy atom. The highest BCUT2D eigenvalue weighted by Gasteiger charge is 2.52. The summed E-state index contributed by atoms with van der Waals surface area (Å²) >= 11 is 12.9. The third-order valence-electron chi connectivity index (χ3n) is 8.81. The summed E-state index contributed by atoms with van der Waals surface area (Å²) in [6.45, 7) is 0. The summed E-state index contributed by atoms with van der Waals surface area (Å²) in [4.78, 5) is 0. The minimum atomic E-state index is -5.49. The molecular formula is C49H34P2S2. The quantitative estimate of drug-likeness (QED) is 0.154. The molecule has 0 unspecified atom stereocenters. The monoisotopic (exact) mass is 782 g/mol. The van der Waals surface area contributed by atoms with Crippen LogP contribution in [0.5, 0.6) is 0 Å². The molecule has 1 spiro atoms. The van der Waals surface area contributed by atoms with Crippen molar-refractivity contribution in [2.24, 2.45) is 0 Å². The van der Waals surface area contributed by atoms with Crippen LogP contribution in [-0.2, 0) is 29.0 Å². The molecule has 0 saturated heterocycles. The van der Waals surface area contributed by atoms with Gasteiger partial charge in [-0.25, -0.2) is 0 Å². The predicted octanol–water partition coefficient (Wildman–Crippen LogP) is 9.54. The first kappa shape index (κ1) is 12.8. The fourth-order valence-corrected chi connectivity index (χ4v) is 12.3. The standard InChI is InChI=1S/C49H34P2S2/c52-50(35-17-5-1-6-18-35,36-19-7-2-8-20-36)39-29-31-43-41-25-13-15-27-45(41)49(47(43)33-39)46-28-16-14-26-42(46)44-32-30-40(34-48(44)49)51(53,37-21-9-3-10-22-37)38-23-11-4-12-24-38/h1-34H/i1D,2D,3D,4D,5D,6D,7D,8D,9D,10D,11D,12D,13D,14D,15D,16D,17D,18D,19D,20D,21D,22D,23D,24D,25D,26D,27D,28D,29D,30D,31D,32D,33D,34D. The molecule has 8 aromatic carbocycles. The molecule has 2 aliphatic carbocycles. The summed E-state index contributed by atoms with van der Waals surface area (Å²) in [6, 6.07) is -50.9. The van der Waals surface area contributed by atoms with Crippen LogP contribution in [0.1, 0.15) is 68.9 Å². The minimum Gasteiger partial charge on any atom is -0.0826 e. The van der Waals surface area contributed by atoms with Crippen LogP contribution < -0.4 is 31.8 Å². The zero-order chi connectivity index (χ0) is 65.2. The van der Waals surface area contributed by atoms with Gasteiger partial charge in [0.2, 0.25) is 0 Å². The van der Waals surface area contributed by atoms with Gasteiger partial charge in [-0.1, -0.05) is 217 Å². The lowest BCUT2D eigenvalue weighted by atomic mass is 9.70. The second-order valence-corrected chi connectivity index (χ2v) is 19.7. The van der Waals surface area contributed by atoms with Crippen molar-refractivity contribution in [3.63, 3.8) is 0 Å². The summed E-state index contributed by atoms with van der Waals surface area (Å²) < 4.78 is 316. The second kappa shape index (κ2) is 12.6. The van der Waals surface area contributed by atoms with Crippen LogP contribution in [0.15, 0.2) is 205 Å². The zero-order valence-electron chi connectivity index (χ0n) is 60.2. The number of benzene rings is 8. The lowest BCUT2D eigenvalue weighted by Gasteiger charge is -2.33. The summed E-state index contributed by atoms with van der Waals surface area (Å²) in [6.07, 6.45) is 0. The smallest absolute Gasteiger partial charge is 0.0726 e. The molecule has 4 heteroatoms. The summed E-state index contributed by atoms with van der Waals surface area (Å²) in [7, 11) is 0. The molecule has 252 valence electrons. The van der Waals surface area contributed by atoms with Crippen LogP contribution in [0.2, 0.25) is 0 Å². The molecule has 0 bridgehead atoms. The predicted molar refractivity (Wildman–Crippen MR) is 235 cm³/mol. The SMILES string of the molecule is [2H]c1c([2H])c([2H])c(P(=S)(c2c([2H])c([2H])c([2H])c([2H])c2[2H])c2c([2H])c([2H])c3c(c2[2H])C2(c4c([2H])c([2H])c([2H])c([2H])c4-3)c3c([2H])c([2H])c([2H])c([2H])c3-c3c([2H])c([2H])c(P(=S)(c4c([2H])c([2H])c([2H])c([2H])c4[2H])c4c([2H])c([2H])c([2H])c([2H])c4[2H])c([2H])c32)c([2H])c1[2H]. The normalized spacial score (nSPS) is 22.6. The minimum absolute atomic E-state index is 0.849. The maximum Gasteiger partial charge on any atom is 0.0726 e. The summed E-state index contributed by atoms with van der Waals surface area (Å²) in [5, 5.41) is -6.62. The lowest BCUT2D eigenvalue weighted by Crippen LogP contribution is -2.31. The first-order valence-electron chi connectivity index (χ1n) is 32.2. The highest BCUT2D eigenvalue weighted by atomic mass is 32.4. The van der Waals surface area contributed by atoms with Crippen molar-refractivity contribution >= 4 is 67.5 Å². The van der Waals surface area contributed by atoms with Gasteiger partial charge in [-0.2, -0.15) is 0 Å². The fraction of sp³-hybridized carbons (Fsp3) is 0.0204. The molecule has 2 aliphatic rings. The van der Waals surface area contributed by atoms with E-state index in [9.17, 15) is 27.4 Å². The molecule has 0 fully saturated rings. The van der Waals surface area contributed by atoms with Crippen LogP contribution in [0.3, 0.4) is 0 Å². The molecule has 8 aromatic rings. The molecule has 0 aliphatic heterocycles. The Labute approximate surface area is 369 Å². The van der Waals surface area contributed by atoms with E-state index in [4.69, 9.17) is 42.8 Å². The molecule has 53 heavy (non-hydrogen) atoms. The third-order valence-corrected chi connectivity index (χ3v) is 17.2. The van der Waals surface area contributed by atoms with Crippen molar-refractivity contribution in [3.8, 4) is 22.3 Å². The Bertz CT molecular complexity index is 4210. The molecule has 0 amide bonds. The van der Waals surface area contributed by atoms with Crippen molar-refractivity contribution in [1.29, 1.82) is 0 Å². The Hall–Kier alpha value is -4.94. The van der Waals surface area contributed by atoms with Crippen molar-refractivity contribution in [3.05, 3.63) is 228 Å². The molecule has 0 heterocycles. The molecular weight excluding hydrogens is 715 g/mol. The second-order valence-electron chi connectivity index (χ2n) is 11.3. The average molecular weight is 783 g/mol. The lowest BCUT2D eigenvalue weighted by molar-refractivity contribution is 0.795. The van der Waals surface area contributed by atoms with Gasteiger partial charge in [0.15, 0.2) is 0 Å². The number of hydrogen-bond donors (Lipinski definition) is 0. The van der Waals surface area contributed by atoms with Gasteiger partial charge in [0.05, 0.1) is 52.0 Å². The van der Waals surface area contributed by atoms with E-state index in [1.165, 1.54) is 0 Å². The van der Waals surface area contributed by atoms with E-state index in [-0.39, 0.29) is 0 Å². The van der Waals surface area contributed by atoms with Crippen molar-refractivity contribution in [2.75, 3.05) is 0 Å².